The summed E-state index contributed by atoms with van der Waals surface area (Å²) >= 11 is 1.39. The van der Waals surface area contributed by atoms with Gasteiger partial charge in [0.25, 0.3) is 11.9 Å². The highest BCUT2D eigenvalue weighted by molar-refractivity contribution is 7.15. The first-order chi connectivity index (χ1) is 13.1. The van der Waals surface area contributed by atoms with E-state index in [4.69, 9.17) is 4.74 Å². The normalized spacial score (nSPS) is 10.9. The first-order valence-electron chi connectivity index (χ1n) is 8.28. The molecule has 0 fully saturated rings. The Morgan fingerprint density at radius 1 is 1.26 bits per heavy atom. The first-order valence-corrected chi connectivity index (χ1v) is 9.16. The monoisotopic (exact) mass is 382 g/mol. The zero-order valence-corrected chi connectivity index (χ0v) is 15.2. The molecule has 0 aliphatic rings. The van der Waals surface area contributed by atoms with Crippen LogP contribution in [0.15, 0.2) is 53.9 Å². The molecule has 1 N–H and O–H groups in total. The SMILES string of the molecule is CCOc1cccc(C(=O)Nc2nc3scc(-c4ccc(F)cc4)n3n2)c1. The van der Waals surface area contributed by atoms with Crippen LogP contribution >= 0.6 is 11.3 Å². The second kappa shape index (κ2) is 7.16. The average molecular weight is 382 g/mol. The van der Waals surface area contributed by atoms with E-state index in [9.17, 15) is 9.18 Å². The molecule has 4 rings (SSSR count). The lowest BCUT2D eigenvalue weighted by Gasteiger charge is -2.05. The van der Waals surface area contributed by atoms with E-state index >= 15 is 0 Å². The van der Waals surface area contributed by atoms with Crippen LogP contribution in [0.3, 0.4) is 0 Å². The Morgan fingerprint density at radius 2 is 2.07 bits per heavy atom. The Labute approximate surface area is 158 Å². The van der Waals surface area contributed by atoms with Gasteiger partial charge in [-0.15, -0.1) is 16.4 Å². The fraction of sp³-hybridized carbons (Fsp3) is 0.105. The van der Waals surface area contributed by atoms with Gasteiger partial charge in [-0.2, -0.15) is 4.98 Å². The molecule has 0 aliphatic carbocycles. The molecule has 0 unspecified atom stereocenters. The molecule has 2 aromatic carbocycles. The summed E-state index contributed by atoms with van der Waals surface area (Å²) in [7, 11) is 0. The zero-order chi connectivity index (χ0) is 18.8. The van der Waals surface area contributed by atoms with E-state index in [1.54, 1.807) is 40.9 Å². The second-order valence-electron chi connectivity index (χ2n) is 5.67. The molecule has 0 atom stereocenters. The van der Waals surface area contributed by atoms with Crippen molar-refractivity contribution in [1.29, 1.82) is 0 Å². The van der Waals surface area contributed by atoms with Gasteiger partial charge in [0.2, 0.25) is 4.96 Å². The van der Waals surface area contributed by atoms with Crippen LogP contribution in [0.25, 0.3) is 16.2 Å². The maximum atomic E-state index is 13.1. The molecular weight excluding hydrogens is 367 g/mol. The number of anilines is 1. The summed E-state index contributed by atoms with van der Waals surface area (Å²) in [4.78, 5) is 17.4. The molecule has 4 aromatic rings. The number of nitrogens with one attached hydrogen (secondary N) is 1. The summed E-state index contributed by atoms with van der Waals surface area (Å²) < 4.78 is 20.2. The van der Waals surface area contributed by atoms with Crippen molar-refractivity contribution in [3.63, 3.8) is 0 Å². The molecule has 0 saturated carbocycles. The van der Waals surface area contributed by atoms with Gasteiger partial charge >= 0.3 is 0 Å². The van der Waals surface area contributed by atoms with E-state index in [2.05, 4.69) is 15.4 Å². The molecule has 6 nitrogen and oxygen atoms in total. The summed E-state index contributed by atoms with van der Waals surface area (Å²) in [5, 5.41) is 8.94. The fourth-order valence-electron chi connectivity index (χ4n) is 2.62. The van der Waals surface area contributed by atoms with Crippen molar-refractivity contribution < 1.29 is 13.9 Å². The minimum Gasteiger partial charge on any atom is -0.494 e. The molecule has 0 aliphatic heterocycles. The predicted molar refractivity (Wildman–Crippen MR) is 102 cm³/mol. The number of rotatable bonds is 5. The number of amides is 1. The maximum absolute atomic E-state index is 13.1. The number of ether oxygens (including phenoxy) is 1. The highest BCUT2D eigenvalue weighted by Gasteiger charge is 2.14. The Kier molecular flexibility index (Phi) is 4.55. The number of carbonyl (C=O) groups is 1. The van der Waals surface area contributed by atoms with E-state index in [0.29, 0.717) is 22.9 Å². The van der Waals surface area contributed by atoms with Gasteiger partial charge < -0.3 is 4.74 Å². The van der Waals surface area contributed by atoms with Crippen LogP contribution in [0.1, 0.15) is 17.3 Å². The van der Waals surface area contributed by atoms with Crippen molar-refractivity contribution in [2.75, 3.05) is 11.9 Å². The highest BCUT2D eigenvalue weighted by Crippen LogP contribution is 2.26. The van der Waals surface area contributed by atoms with Crippen molar-refractivity contribution in [2.24, 2.45) is 0 Å². The van der Waals surface area contributed by atoms with Crippen molar-refractivity contribution >= 4 is 28.2 Å². The second-order valence-corrected chi connectivity index (χ2v) is 6.51. The minimum absolute atomic E-state index is 0.206. The van der Waals surface area contributed by atoms with E-state index in [1.165, 1.54) is 23.5 Å². The third-order valence-electron chi connectivity index (χ3n) is 3.85. The third kappa shape index (κ3) is 3.52. The van der Waals surface area contributed by atoms with Gasteiger partial charge in [0.15, 0.2) is 0 Å². The topological polar surface area (TPSA) is 68.5 Å². The molecule has 136 valence electrons. The Bertz CT molecular complexity index is 1100. The van der Waals surface area contributed by atoms with Gasteiger partial charge in [-0.05, 0) is 49.4 Å². The number of nitrogens with zero attached hydrogens (tertiary/aromatic N) is 3. The van der Waals surface area contributed by atoms with Gasteiger partial charge in [0.1, 0.15) is 11.6 Å². The summed E-state index contributed by atoms with van der Waals surface area (Å²) in [5.74, 6) is 0.212. The minimum atomic E-state index is -0.321. The number of halogens is 1. The van der Waals surface area contributed by atoms with E-state index in [0.717, 1.165) is 11.3 Å². The van der Waals surface area contributed by atoms with Crippen molar-refractivity contribution in [2.45, 2.75) is 6.92 Å². The lowest BCUT2D eigenvalue weighted by Crippen LogP contribution is -2.13. The number of benzene rings is 2. The summed E-state index contributed by atoms with van der Waals surface area (Å²) in [6.45, 7) is 2.41. The maximum Gasteiger partial charge on any atom is 0.258 e. The van der Waals surface area contributed by atoms with Gasteiger partial charge in [-0.25, -0.2) is 8.91 Å². The Balaban J connectivity index is 1.59. The quantitative estimate of drug-likeness (QED) is 0.560. The fourth-order valence-corrected chi connectivity index (χ4v) is 3.45. The predicted octanol–water partition coefficient (Wildman–Crippen LogP) is 4.25. The molecule has 8 heteroatoms. The smallest absolute Gasteiger partial charge is 0.258 e. The van der Waals surface area contributed by atoms with Crippen molar-refractivity contribution in [1.82, 2.24) is 14.6 Å². The summed E-state index contributed by atoms with van der Waals surface area (Å²) in [5.41, 5.74) is 2.05. The number of hydrogen-bond donors (Lipinski definition) is 1. The molecule has 0 spiro atoms. The van der Waals surface area contributed by atoms with Crippen LogP contribution in [-0.2, 0) is 0 Å². The number of thiazole rings is 1. The van der Waals surface area contributed by atoms with Gasteiger partial charge in [-0.1, -0.05) is 6.07 Å². The lowest BCUT2D eigenvalue weighted by molar-refractivity contribution is 0.102. The largest absolute Gasteiger partial charge is 0.494 e. The number of fused-ring (bicyclic) bond motifs is 1. The highest BCUT2D eigenvalue weighted by atomic mass is 32.1. The van der Waals surface area contributed by atoms with Crippen LogP contribution in [0.5, 0.6) is 5.75 Å². The van der Waals surface area contributed by atoms with Crippen molar-refractivity contribution in [3.05, 3.63) is 65.3 Å². The molecule has 0 bridgehead atoms. The van der Waals surface area contributed by atoms with Gasteiger partial charge in [0, 0.05) is 16.5 Å². The van der Waals surface area contributed by atoms with Crippen LogP contribution in [0, 0.1) is 5.82 Å². The third-order valence-corrected chi connectivity index (χ3v) is 4.67. The molecule has 2 heterocycles. The standard InChI is InChI=1S/C19H15FN4O2S/c1-2-26-15-5-3-4-13(10-15)17(25)21-18-22-19-24(23-18)16(11-27-19)12-6-8-14(20)9-7-12/h3-11H,2H2,1H3,(H,21,23,25). The number of aromatic nitrogens is 3. The lowest BCUT2D eigenvalue weighted by atomic mass is 10.2. The molecular formula is C19H15FN4O2S. The van der Waals surface area contributed by atoms with Gasteiger partial charge in [0.05, 0.1) is 12.3 Å². The zero-order valence-electron chi connectivity index (χ0n) is 14.3. The average Bonchev–Trinajstić information content (AvgIpc) is 3.23. The molecule has 2 aromatic heterocycles. The van der Waals surface area contributed by atoms with Gasteiger partial charge in [-0.3, -0.25) is 10.1 Å². The van der Waals surface area contributed by atoms with Crippen LogP contribution in [-0.4, -0.2) is 27.1 Å². The van der Waals surface area contributed by atoms with E-state index < -0.39 is 0 Å². The molecule has 0 radical (unpaired) electrons. The van der Waals surface area contributed by atoms with Crippen LogP contribution in [0.4, 0.5) is 10.3 Å². The molecule has 0 saturated heterocycles. The molecule has 1 amide bonds. The van der Waals surface area contributed by atoms with E-state index in [1.807, 2.05) is 12.3 Å². The summed E-state index contributed by atoms with van der Waals surface area (Å²) in [6.07, 6.45) is 0. The number of hydrogen-bond acceptors (Lipinski definition) is 5. The molecule has 27 heavy (non-hydrogen) atoms. The first kappa shape index (κ1) is 17.2. The number of carbonyl (C=O) groups excluding carboxylic acids is 1. The summed E-state index contributed by atoms with van der Waals surface area (Å²) in [6, 6.07) is 13.0. The van der Waals surface area contributed by atoms with E-state index in [-0.39, 0.29) is 17.7 Å². The Morgan fingerprint density at radius 3 is 2.85 bits per heavy atom. The van der Waals surface area contributed by atoms with Crippen molar-refractivity contribution in [3.8, 4) is 17.0 Å². The van der Waals surface area contributed by atoms with Crippen LogP contribution < -0.4 is 10.1 Å². The van der Waals surface area contributed by atoms with Crippen LogP contribution in [0.2, 0.25) is 0 Å². The Hall–Kier alpha value is -3.26.